The minimum Gasteiger partial charge on any atom is -0.294 e. The van der Waals surface area contributed by atoms with Crippen LogP contribution in [0.4, 0.5) is 0 Å². The van der Waals surface area contributed by atoms with Crippen LogP contribution in [0, 0.1) is 5.92 Å². The molecule has 0 saturated carbocycles. The van der Waals surface area contributed by atoms with Crippen molar-refractivity contribution in [3.8, 4) is 0 Å². The summed E-state index contributed by atoms with van der Waals surface area (Å²) in [6.45, 7) is 12.0. The van der Waals surface area contributed by atoms with Crippen molar-refractivity contribution in [2.24, 2.45) is 5.92 Å². The van der Waals surface area contributed by atoms with Gasteiger partial charge in [-0.3, -0.25) is 4.55 Å². The third kappa shape index (κ3) is 15.1. The maximum atomic E-state index is 10.4. The third-order valence-electron chi connectivity index (χ3n) is 3.14. The first-order valence-corrected chi connectivity index (χ1v) is 8.99. The fourth-order valence-electron chi connectivity index (χ4n) is 2.25. The maximum Gasteiger partial charge on any atom is 0.234 e. The van der Waals surface area contributed by atoms with E-state index in [0.29, 0.717) is 13.1 Å². The first-order valence-electron chi connectivity index (χ1n) is 7.92. The Hall–Kier alpha value is -0.930. The van der Waals surface area contributed by atoms with Crippen molar-refractivity contribution < 1.29 is 8.76 Å². The predicted octanol–water partition coefficient (Wildman–Crippen LogP) is 4.86. The summed E-state index contributed by atoms with van der Waals surface area (Å²) in [5.74, 6) is 1.03. The van der Waals surface area contributed by atoms with E-state index in [1.54, 1.807) is 0 Å². The second-order valence-corrected chi connectivity index (χ2v) is 5.96. The van der Waals surface area contributed by atoms with Crippen molar-refractivity contribution in [3.63, 3.8) is 0 Å². The van der Waals surface area contributed by atoms with Crippen LogP contribution in [0.5, 0.6) is 0 Å². The Kier molecular flexibility index (Phi) is 21.8. The fourth-order valence-corrected chi connectivity index (χ4v) is 2.81. The zero-order valence-electron chi connectivity index (χ0n) is 14.4. The second kappa shape index (κ2) is 18.1. The van der Waals surface area contributed by atoms with Crippen LogP contribution in [-0.4, -0.2) is 26.2 Å². The molecule has 0 heterocycles. The van der Waals surface area contributed by atoms with Crippen LogP contribution < -0.4 is 0 Å². The Bertz CT molecular complexity index is 192. The minimum atomic E-state index is -1.77. The molecule has 1 N–H and O–H groups in total. The van der Waals surface area contributed by atoms with Gasteiger partial charge in [0.2, 0.25) is 11.3 Å². The molecule has 1 unspecified atom stereocenters. The Morgan fingerprint density at radius 3 is 1.45 bits per heavy atom. The summed E-state index contributed by atoms with van der Waals surface area (Å²) in [6.07, 6.45) is 9.35. The van der Waals surface area contributed by atoms with E-state index >= 15 is 0 Å². The van der Waals surface area contributed by atoms with E-state index < -0.39 is 11.3 Å². The molecule has 120 valence electrons. The second-order valence-electron chi connectivity index (χ2n) is 4.98. The molecule has 0 aromatic heterocycles. The zero-order chi connectivity index (χ0) is 15.1. The van der Waals surface area contributed by atoms with E-state index in [2.05, 4.69) is 20.8 Å². The van der Waals surface area contributed by atoms with E-state index in [0.717, 1.165) is 12.3 Å². The molecular weight excluding hydrogens is 525 g/mol. The monoisotopic (exact) mass is 560 g/mol. The van der Waals surface area contributed by atoms with Gasteiger partial charge in [0.15, 0.2) is 0 Å². The summed E-state index contributed by atoms with van der Waals surface area (Å²) >= 11 is -1.77. The van der Waals surface area contributed by atoms with Gasteiger partial charge in [-0.15, -0.1) is 0 Å². The summed E-state index contributed by atoms with van der Waals surface area (Å²) < 4.78 is 20.4. The van der Waals surface area contributed by atoms with Gasteiger partial charge < -0.3 is 0 Å². The molecule has 0 saturated heterocycles. The SMILES string of the molecule is CCCC(CCC)CCC.CCCN(CC)S(=O)O.[Rf]. The number of hydrogen-bond acceptors (Lipinski definition) is 1. The van der Waals surface area contributed by atoms with Crippen molar-refractivity contribution in [2.45, 2.75) is 79.6 Å². The predicted molar refractivity (Wildman–Crippen MR) is 86.5 cm³/mol. The molecule has 0 fully saturated rings. The van der Waals surface area contributed by atoms with Gasteiger partial charge in [0.1, 0.15) is 0 Å². The first kappa shape index (κ1) is 24.1. The van der Waals surface area contributed by atoms with Crippen molar-refractivity contribution >= 4 is 11.3 Å². The largest absolute Gasteiger partial charge is 0.294 e. The van der Waals surface area contributed by atoms with Gasteiger partial charge in [-0.25, -0.2) is 8.51 Å². The first-order chi connectivity index (χ1) is 9.06. The molecular formula is C15H35NO2RfS. The smallest absolute Gasteiger partial charge is 0.234 e. The number of nitrogens with zero attached hydrogens (tertiary/aromatic N) is 1. The molecule has 0 amide bonds. The van der Waals surface area contributed by atoms with Crippen LogP contribution in [0.15, 0.2) is 0 Å². The van der Waals surface area contributed by atoms with Crippen molar-refractivity contribution in [2.75, 3.05) is 13.1 Å². The van der Waals surface area contributed by atoms with Crippen LogP contribution in [0.3, 0.4) is 0 Å². The summed E-state index contributed by atoms with van der Waals surface area (Å²) in [6, 6.07) is 0. The third-order valence-corrected chi connectivity index (χ3v) is 4.02. The van der Waals surface area contributed by atoms with E-state index in [4.69, 9.17) is 4.55 Å². The maximum absolute atomic E-state index is 10.4. The molecule has 20 heavy (non-hydrogen) atoms. The van der Waals surface area contributed by atoms with Crippen LogP contribution in [-0.2, 0) is 11.3 Å². The Labute approximate surface area is 123 Å². The average molecular weight is 561 g/mol. The van der Waals surface area contributed by atoms with E-state index in [1.807, 2.05) is 13.8 Å². The molecule has 3 nitrogen and oxygen atoms in total. The molecule has 0 aliphatic rings. The van der Waals surface area contributed by atoms with Crippen LogP contribution in [0.25, 0.3) is 0 Å². The van der Waals surface area contributed by atoms with Gasteiger partial charge in [-0.05, 0) is 12.3 Å². The van der Waals surface area contributed by atoms with Gasteiger partial charge >= 0.3 is 0 Å². The van der Waals surface area contributed by atoms with E-state index in [-0.39, 0.29) is 0 Å². The summed E-state index contributed by atoms with van der Waals surface area (Å²) in [4.78, 5) is 0. The molecule has 0 aromatic carbocycles. The van der Waals surface area contributed by atoms with Gasteiger partial charge in [0.05, 0.1) is 0 Å². The minimum absolute atomic E-state index is 0. The number of hydrogen-bond donors (Lipinski definition) is 1. The standard InChI is InChI=1S/C10H22.C5H13NO2S.Rf/c1-4-7-10(8-5-2)9-6-3;1-3-5-6(4-2)9(7)8;/h10H,4-9H2,1-3H3;3-5H2,1-2H3,(H,7,8);. The normalized spacial score (nSPS) is 11.8. The Morgan fingerprint density at radius 1 is 0.900 bits per heavy atom. The van der Waals surface area contributed by atoms with E-state index in [9.17, 15) is 4.21 Å². The Morgan fingerprint density at radius 2 is 1.30 bits per heavy atom. The van der Waals surface area contributed by atoms with Gasteiger partial charge in [-0.2, -0.15) is 0 Å². The fraction of sp³-hybridized carbons (Fsp3) is 1.00. The van der Waals surface area contributed by atoms with Crippen LogP contribution in [0.2, 0.25) is 0 Å². The Balaban J connectivity index is -0.000000277. The van der Waals surface area contributed by atoms with Crippen LogP contribution >= 0.6 is 0 Å². The summed E-state index contributed by atoms with van der Waals surface area (Å²) in [5, 5.41) is 0. The molecule has 0 rings (SSSR count). The van der Waals surface area contributed by atoms with Crippen LogP contribution in [0.1, 0.15) is 79.6 Å². The summed E-state index contributed by atoms with van der Waals surface area (Å²) in [5.41, 5.74) is 0. The van der Waals surface area contributed by atoms with Crippen molar-refractivity contribution in [3.05, 3.63) is 0 Å². The molecule has 0 radical (unpaired) electrons. The molecule has 5 heteroatoms. The van der Waals surface area contributed by atoms with Gasteiger partial charge in [0.25, 0.3) is 0 Å². The number of rotatable bonds is 10. The van der Waals surface area contributed by atoms with Crippen molar-refractivity contribution in [1.29, 1.82) is 0 Å². The average Bonchev–Trinajstić information content (AvgIpc) is 2.37. The molecule has 0 bridgehead atoms. The molecule has 0 aliphatic carbocycles. The zero-order valence-corrected chi connectivity index (χ0v) is 21.6. The summed E-state index contributed by atoms with van der Waals surface area (Å²) in [7, 11) is 0. The quantitative estimate of drug-likeness (QED) is 0.388. The molecule has 0 aliphatic heterocycles. The topological polar surface area (TPSA) is 40.5 Å². The van der Waals surface area contributed by atoms with Gasteiger partial charge in [-0.1, -0.05) is 73.1 Å². The van der Waals surface area contributed by atoms with Crippen molar-refractivity contribution in [1.82, 2.24) is 4.31 Å². The van der Waals surface area contributed by atoms with E-state index in [1.165, 1.54) is 42.8 Å². The molecule has 0 spiro atoms. The molecule has 1 atom stereocenters. The van der Waals surface area contributed by atoms with Gasteiger partial charge in [0, 0.05) is 13.1 Å². The molecule has 0 aromatic rings.